The van der Waals surface area contributed by atoms with Crippen LogP contribution in [0.15, 0.2) is 24.3 Å². The first kappa shape index (κ1) is 11.4. The lowest BCUT2D eigenvalue weighted by molar-refractivity contribution is 0.0142. The first-order valence-electron chi connectivity index (χ1n) is 5.69. The second kappa shape index (κ2) is 4.85. The Morgan fingerprint density at radius 1 is 1.31 bits per heavy atom. The van der Waals surface area contributed by atoms with E-state index >= 15 is 0 Å². The molecule has 1 fully saturated rings. The molecule has 1 aromatic carbocycles. The summed E-state index contributed by atoms with van der Waals surface area (Å²) in [5, 5.41) is 10.6. The topological polar surface area (TPSA) is 38.7 Å². The molecule has 0 amide bonds. The van der Waals surface area contributed by atoms with E-state index in [-0.39, 0.29) is 0 Å². The Balaban J connectivity index is 2.25. The largest absolute Gasteiger partial charge is 0.497 e. The van der Waals surface area contributed by atoms with Crippen LogP contribution in [0.25, 0.3) is 0 Å². The summed E-state index contributed by atoms with van der Waals surface area (Å²) >= 11 is 0. The maximum absolute atomic E-state index is 10.6. The van der Waals surface area contributed by atoms with E-state index in [4.69, 9.17) is 9.47 Å². The van der Waals surface area contributed by atoms with Gasteiger partial charge in [-0.1, -0.05) is 12.1 Å². The van der Waals surface area contributed by atoms with Gasteiger partial charge in [0, 0.05) is 19.6 Å². The summed E-state index contributed by atoms with van der Waals surface area (Å²) in [4.78, 5) is 0. The van der Waals surface area contributed by atoms with Gasteiger partial charge >= 0.3 is 0 Å². The number of benzene rings is 1. The van der Waals surface area contributed by atoms with Crippen LogP contribution >= 0.6 is 0 Å². The molecule has 0 bridgehead atoms. The minimum atomic E-state index is -0.759. The number of methoxy groups -OCH3 is 1. The highest BCUT2D eigenvalue weighted by Gasteiger charge is 2.30. The van der Waals surface area contributed by atoms with Crippen LogP contribution in [0.2, 0.25) is 0 Å². The highest BCUT2D eigenvalue weighted by Crippen LogP contribution is 2.33. The zero-order valence-electron chi connectivity index (χ0n) is 9.61. The third-order valence-electron chi connectivity index (χ3n) is 3.15. The fraction of sp³-hybridized carbons (Fsp3) is 0.538. The van der Waals surface area contributed by atoms with Crippen LogP contribution in [0, 0.1) is 0 Å². The van der Waals surface area contributed by atoms with E-state index in [1.807, 2.05) is 24.3 Å². The molecule has 0 radical (unpaired) electrons. The second-order valence-corrected chi connectivity index (χ2v) is 4.23. The fourth-order valence-electron chi connectivity index (χ4n) is 2.14. The van der Waals surface area contributed by atoms with E-state index in [0.717, 1.165) is 30.8 Å². The minimum absolute atomic E-state index is 0.619. The Labute approximate surface area is 96.0 Å². The molecule has 2 rings (SSSR count). The highest BCUT2D eigenvalue weighted by molar-refractivity contribution is 5.32. The van der Waals surface area contributed by atoms with Crippen molar-refractivity contribution in [2.24, 2.45) is 0 Å². The van der Waals surface area contributed by atoms with Crippen LogP contribution in [0.3, 0.4) is 0 Å². The van der Waals surface area contributed by atoms with Crippen molar-refractivity contribution < 1.29 is 14.6 Å². The number of aliphatic hydroxyl groups is 1. The van der Waals surface area contributed by atoms with Crippen LogP contribution in [-0.4, -0.2) is 25.4 Å². The molecule has 1 heterocycles. The number of rotatable bonds is 2. The zero-order chi connectivity index (χ0) is 11.4. The molecule has 1 aliphatic rings. The summed E-state index contributed by atoms with van der Waals surface area (Å²) in [7, 11) is 1.64. The Hall–Kier alpha value is -1.06. The Kier molecular flexibility index (Phi) is 3.46. The van der Waals surface area contributed by atoms with Crippen molar-refractivity contribution in [3.05, 3.63) is 29.8 Å². The van der Waals surface area contributed by atoms with Crippen LogP contribution in [0.1, 0.15) is 24.8 Å². The number of hydrogen-bond donors (Lipinski definition) is 1. The molecule has 3 heteroatoms. The molecular weight excluding hydrogens is 204 g/mol. The molecule has 1 atom stereocenters. The summed E-state index contributed by atoms with van der Waals surface area (Å²) in [6.07, 6.45) is 2.30. The Bertz CT molecular complexity index is 341. The van der Waals surface area contributed by atoms with Gasteiger partial charge in [0.15, 0.2) is 0 Å². The third kappa shape index (κ3) is 2.36. The maximum Gasteiger partial charge on any atom is 0.119 e. The number of hydrogen-bond acceptors (Lipinski definition) is 3. The lowest BCUT2D eigenvalue weighted by atomic mass is 9.87. The van der Waals surface area contributed by atoms with Gasteiger partial charge in [-0.2, -0.15) is 0 Å². The Morgan fingerprint density at radius 3 is 3.00 bits per heavy atom. The van der Waals surface area contributed by atoms with Crippen molar-refractivity contribution in [3.63, 3.8) is 0 Å². The van der Waals surface area contributed by atoms with E-state index in [0.29, 0.717) is 13.0 Å². The van der Waals surface area contributed by atoms with E-state index in [1.165, 1.54) is 0 Å². The van der Waals surface area contributed by atoms with Gasteiger partial charge in [0.25, 0.3) is 0 Å². The van der Waals surface area contributed by atoms with Gasteiger partial charge in [-0.15, -0.1) is 0 Å². The quantitative estimate of drug-likeness (QED) is 0.832. The van der Waals surface area contributed by atoms with Crippen molar-refractivity contribution in [1.82, 2.24) is 0 Å². The van der Waals surface area contributed by atoms with Crippen LogP contribution in [0.5, 0.6) is 5.75 Å². The van der Waals surface area contributed by atoms with Crippen LogP contribution < -0.4 is 4.74 Å². The molecule has 88 valence electrons. The minimum Gasteiger partial charge on any atom is -0.497 e. The summed E-state index contributed by atoms with van der Waals surface area (Å²) in [6, 6.07) is 7.66. The molecule has 0 aliphatic carbocycles. The molecule has 1 aliphatic heterocycles. The first-order valence-corrected chi connectivity index (χ1v) is 5.69. The molecule has 1 saturated heterocycles. The van der Waals surface area contributed by atoms with Gasteiger partial charge in [-0.05, 0) is 30.5 Å². The van der Waals surface area contributed by atoms with Crippen LogP contribution in [-0.2, 0) is 10.3 Å². The summed E-state index contributed by atoms with van der Waals surface area (Å²) < 4.78 is 10.6. The van der Waals surface area contributed by atoms with Crippen molar-refractivity contribution in [2.45, 2.75) is 24.9 Å². The molecule has 16 heavy (non-hydrogen) atoms. The van der Waals surface area contributed by atoms with Gasteiger partial charge < -0.3 is 14.6 Å². The predicted molar refractivity (Wildman–Crippen MR) is 61.6 cm³/mol. The molecule has 0 spiro atoms. The molecule has 1 unspecified atom stereocenters. The third-order valence-corrected chi connectivity index (χ3v) is 3.15. The van der Waals surface area contributed by atoms with E-state index in [1.54, 1.807) is 7.11 Å². The summed E-state index contributed by atoms with van der Waals surface area (Å²) in [6.45, 7) is 1.36. The first-order chi connectivity index (χ1) is 7.74. The molecule has 1 N–H and O–H groups in total. The second-order valence-electron chi connectivity index (χ2n) is 4.23. The molecule has 0 aromatic heterocycles. The van der Waals surface area contributed by atoms with Gasteiger partial charge in [0.1, 0.15) is 5.75 Å². The molecule has 0 saturated carbocycles. The lowest BCUT2D eigenvalue weighted by Crippen LogP contribution is -2.25. The van der Waals surface area contributed by atoms with Crippen molar-refractivity contribution in [1.29, 1.82) is 0 Å². The highest BCUT2D eigenvalue weighted by atomic mass is 16.5. The van der Waals surface area contributed by atoms with Crippen molar-refractivity contribution in [3.8, 4) is 5.75 Å². The molecule has 3 nitrogen and oxygen atoms in total. The SMILES string of the molecule is COc1cccc(C2(O)CCCOCC2)c1. The van der Waals surface area contributed by atoms with Crippen LogP contribution in [0.4, 0.5) is 0 Å². The average Bonchev–Trinajstić information content (AvgIpc) is 2.55. The van der Waals surface area contributed by atoms with Gasteiger partial charge in [0.2, 0.25) is 0 Å². The normalized spacial score (nSPS) is 26.1. The summed E-state index contributed by atoms with van der Waals surface area (Å²) in [5.41, 5.74) is 0.169. The Morgan fingerprint density at radius 2 is 2.19 bits per heavy atom. The zero-order valence-corrected chi connectivity index (χ0v) is 9.61. The van der Waals surface area contributed by atoms with Crippen molar-refractivity contribution in [2.75, 3.05) is 20.3 Å². The number of ether oxygens (including phenoxy) is 2. The predicted octanol–water partition coefficient (Wildman–Crippen LogP) is 2.08. The smallest absolute Gasteiger partial charge is 0.119 e. The van der Waals surface area contributed by atoms with E-state index in [2.05, 4.69) is 0 Å². The maximum atomic E-state index is 10.6. The lowest BCUT2D eigenvalue weighted by Gasteiger charge is -2.26. The monoisotopic (exact) mass is 222 g/mol. The van der Waals surface area contributed by atoms with Gasteiger partial charge in [-0.3, -0.25) is 0 Å². The fourth-order valence-corrected chi connectivity index (χ4v) is 2.14. The average molecular weight is 222 g/mol. The standard InChI is InChI=1S/C13H18O3/c1-15-12-5-2-4-11(10-12)13(14)6-3-8-16-9-7-13/h2,4-5,10,14H,3,6-9H2,1H3. The molecular formula is C13H18O3. The van der Waals surface area contributed by atoms with Gasteiger partial charge in [-0.25, -0.2) is 0 Å². The van der Waals surface area contributed by atoms with E-state index in [9.17, 15) is 5.11 Å². The van der Waals surface area contributed by atoms with E-state index < -0.39 is 5.60 Å². The summed E-state index contributed by atoms with van der Waals surface area (Å²) in [5.74, 6) is 0.788. The van der Waals surface area contributed by atoms with Gasteiger partial charge in [0.05, 0.1) is 12.7 Å². The molecule has 1 aromatic rings. The van der Waals surface area contributed by atoms with Crippen molar-refractivity contribution >= 4 is 0 Å².